The predicted octanol–water partition coefficient (Wildman–Crippen LogP) is 4.02. The van der Waals surface area contributed by atoms with Gasteiger partial charge in [0.15, 0.2) is 9.84 Å². The lowest BCUT2D eigenvalue weighted by atomic mass is 9.84. The minimum Gasteiger partial charge on any atom is -0.490 e. The average Bonchev–Trinajstić information content (AvgIpc) is 2.72. The van der Waals surface area contributed by atoms with E-state index in [-0.39, 0.29) is 24.0 Å². The van der Waals surface area contributed by atoms with E-state index in [1.54, 1.807) is 29.2 Å². The Morgan fingerprint density at radius 1 is 0.939 bits per heavy atom. The Morgan fingerprint density at radius 2 is 1.45 bits per heavy atom. The number of nitrogens with zero attached hydrogens (tertiary/aromatic N) is 1. The zero-order chi connectivity index (χ0) is 23.8. The fourth-order valence-corrected chi connectivity index (χ4v) is 4.98. The molecule has 0 spiro atoms. The van der Waals surface area contributed by atoms with Crippen molar-refractivity contribution in [3.8, 4) is 16.9 Å². The summed E-state index contributed by atoms with van der Waals surface area (Å²) in [6.45, 7) is 7.79. The van der Waals surface area contributed by atoms with Crippen molar-refractivity contribution in [1.29, 1.82) is 0 Å². The smallest absolute Gasteiger partial charge is 0.410 e. The number of rotatable bonds is 4. The molecule has 2 heterocycles. The van der Waals surface area contributed by atoms with Crippen molar-refractivity contribution in [2.45, 2.75) is 37.4 Å². The molecular formula is C25H31NO6S. The highest BCUT2D eigenvalue weighted by atomic mass is 32.2. The molecule has 2 aromatic carbocycles. The van der Waals surface area contributed by atoms with Crippen LogP contribution in [0, 0.1) is 11.8 Å². The molecule has 33 heavy (non-hydrogen) atoms. The van der Waals surface area contributed by atoms with Crippen LogP contribution in [0.25, 0.3) is 11.1 Å². The first-order chi connectivity index (χ1) is 15.5. The van der Waals surface area contributed by atoms with Crippen LogP contribution in [0.15, 0.2) is 53.4 Å². The molecule has 4 rings (SSSR count). The van der Waals surface area contributed by atoms with Gasteiger partial charge in [0.05, 0.1) is 18.1 Å². The molecule has 1 amide bonds. The monoisotopic (exact) mass is 473 g/mol. The summed E-state index contributed by atoms with van der Waals surface area (Å²) in [5.41, 5.74) is 1.39. The molecule has 2 aromatic rings. The number of piperidine rings is 1. The van der Waals surface area contributed by atoms with E-state index in [4.69, 9.17) is 14.2 Å². The molecule has 2 saturated heterocycles. The largest absolute Gasteiger partial charge is 0.490 e. The maximum absolute atomic E-state index is 12.5. The first-order valence-corrected chi connectivity index (χ1v) is 13.0. The summed E-state index contributed by atoms with van der Waals surface area (Å²) >= 11 is 0. The van der Waals surface area contributed by atoms with Gasteiger partial charge in [-0.3, -0.25) is 0 Å². The molecule has 7 nitrogen and oxygen atoms in total. The van der Waals surface area contributed by atoms with Crippen molar-refractivity contribution in [3.05, 3.63) is 48.5 Å². The molecule has 0 saturated carbocycles. The molecule has 2 atom stereocenters. The van der Waals surface area contributed by atoms with Crippen LogP contribution in [-0.4, -0.2) is 63.7 Å². The molecule has 2 fully saturated rings. The quantitative estimate of drug-likeness (QED) is 0.667. The summed E-state index contributed by atoms with van der Waals surface area (Å²) in [7, 11) is -3.21. The summed E-state index contributed by atoms with van der Waals surface area (Å²) in [5, 5.41) is 0. The van der Waals surface area contributed by atoms with Gasteiger partial charge in [-0.1, -0.05) is 24.3 Å². The summed E-state index contributed by atoms with van der Waals surface area (Å²) in [6, 6.07) is 14.6. The van der Waals surface area contributed by atoms with Crippen LogP contribution in [0.5, 0.6) is 5.75 Å². The fourth-order valence-electron chi connectivity index (χ4n) is 4.34. The van der Waals surface area contributed by atoms with E-state index >= 15 is 0 Å². The number of carbonyl (C=O) groups excluding carboxylic acids is 1. The number of fused-ring (bicyclic) bond motifs is 2. The lowest BCUT2D eigenvalue weighted by Gasteiger charge is -2.46. The maximum Gasteiger partial charge on any atom is 0.410 e. The van der Waals surface area contributed by atoms with E-state index in [9.17, 15) is 13.2 Å². The van der Waals surface area contributed by atoms with Crippen LogP contribution in [0.3, 0.4) is 0 Å². The molecule has 0 radical (unpaired) electrons. The molecule has 178 valence electrons. The Bertz CT molecular complexity index is 1080. The second-order valence-electron chi connectivity index (χ2n) is 9.85. The number of amides is 1. The number of hydrogen-bond acceptors (Lipinski definition) is 6. The second kappa shape index (κ2) is 8.99. The SMILES string of the molecule is CC(C)(C)OC(=O)N1CC2COCC(C1)C2Oc1ccc(-c2ccc(S(C)(=O)=O)cc2)cc1. The molecule has 0 aliphatic carbocycles. The lowest BCUT2D eigenvalue weighted by Crippen LogP contribution is -2.59. The summed E-state index contributed by atoms with van der Waals surface area (Å²) < 4.78 is 41.0. The molecule has 8 heteroatoms. The topological polar surface area (TPSA) is 82.1 Å². The molecule has 2 unspecified atom stereocenters. The highest BCUT2D eigenvalue weighted by Gasteiger charge is 2.44. The Hall–Kier alpha value is -2.58. The van der Waals surface area contributed by atoms with E-state index in [1.165, 1.54) is 6.26 Å². The molecule has 2 aliphatic rings. The van der Waals surface area contributed by atoms with Crippen LogP contribution < -0.4 is 4.74 Å². The predicted molar refractivity (Wildman–Crippen MR) is 125 cm³/mol. The van der Waals surface area contributed by atoms with Gasteiger partial charge in [-0.15, -0.1) is 0 Å². The van der Waals surface area contributed by atoms with Crippen LogP contribution in [0.1, 0.15) is 20.8 Å². The first kappa shape index (κ1) is 23.6. The van der Waals surface area contributed by atoms with E-state index < -0.39 is 15.4 Å². The maximum atomic E-state index is 12.5. The Morgan fingerprint density at radius 3 is 1.94 bits per heavy atom. The molecule has 0 N–H and O–H groups in total. The van der Waals surface area contributed by atoms with Gasteiger partial charge in [-0.2, -0.15) is 0 Å². The third-order valence-corrected chi connectivity index (χ3v) is 7.03. The van der Waals surface area contributed by atoms with E-state index in [0.29, 0.717) is 31.2 Å². The van der Waals surface area contributed by atoms with Gasteiger partial charge in [0.2, 0.25) is 0 Å². The fraction of sp³-hybridized carbons (Fsp3) is 0.480. The van der Waals surface area contributed by atoms with Gasteiger partial charge in [-0.25, -0.2) is 13.2 Å². The van der Waals surface area contributed by atoms with E-state index in [0.717, 1.165) is 16.9 Å². The standard InChI is InChI=1S/C25H31NO6S/c1-25(2,3)32-24(27)26-13-19-15-30-16-20(14-26)23(19)31-21-9-5-17(6-10-21)18-7-11-22(12-8-18)33(4,28)29/h5-12,19-20,23H,13-16H2,1-4H3. The van der Waals surface area contributed by atoms with Crippen molar-refractivity contribution in [2.24, 2.45) is 11.8 Å². The Kier molecular flexibility index (Phi) is 6.42. The van der Waals surface area contributed by atoms with Crippen LogP contribution in [0.4, 0.5) is 4.79 Å². The summed E-state index contributed by atoms with van der Waals surface area (Å²) in [5.74, 6) is 0.917. The van der Waals surface area contributed by atoms with Crippen molar-refractivity contribution in [3.63, 3.8) is 0 Å². The van der Waals surface area contributed by atoms with Crippen LogP contribution in [-0.2, 0) is 19.3 Å². The van der Waals surface area contributed by atoms with E-state index in [1.807, 2.05) is 45.0 Å². The average molecular weight is 474 g/mol. The lowest BCUT2D eigenvalue weighted by molar-refractivity contribution is -0.112. The normalized spacial score (nSPS) is 23.2. The van der Waals surface area contributed by atoms with Crippen LogP contribution in [0.2, 0.25) is 0 Å². The van der Waals surface area contributed by atoms with Crippen LogP contribution >= 0.6 is 0 Å². The summed E-state index contributed by atoms with van der Waals surface area (Å²) in [4.78, 5) is 14.6. The van der Waals surface area contributed by atoms with Gasteiger partial charge >= 0.3 is 6.09 Å². The number of ether oxygens (including phenoxy) is 3. The number of sulfone groups is 1. The minimum atomic E-state index is -3.21. The van der Waals surface area contributed by atoms with E-state index in [2.05, 4.69) is 0 Å². The zero-order valence-corrected chi connectivity index (χ0v) is 20.3. The number of benzene rings is 2. The van der Waals surface area contributed by atoms with Gasteiger partial charge in [0.25, 0.3) is 0 Å². The van der Waals surface area contributed by atoms with Gasteiger partial charge in [-0.05, 0) is 56.2 Å². The Balaban J connectivity index is 1.42. The van der Waals surface area contributed by atoms with Gasteiger partial charge in [0.1, 0.15) is 17.5 Å². The van der Waals surface area contributed by atoms with Gasteiger partial charge < -0.3 is 19.1 Å². The first-order valence-electron chi connectivity index (χ1n) is 11.1. The van der Waals surface area contributed by atoms with Gasteiger partial charge in [0, 0.05) is 31.2 Å². The third kappa shape index (κ3) is 5.68. The van der Waals surface area contributed by atoms with Crippen molar-refractivity contribution < 1.29 is 27.4 Å². The van der Waals surface area contributed by atoms with Crippen molar-refractivity contribution in [1.82, 2.24) is 4.90 Å². The van der Waals surface area contributed by atoms with Crippen molar-refractivity contribution in [2.75, 3.05) is 32.6 Å². The third-order valence-electron chi connectivity index (χ3n) is 5.90. The number of likely N-dealkylation sites (tertiary alicyclic amines) is 1. The minimum absolute atomic E-state index is 0.0302. The molecule has 2 bridgehead atoms. The summed E-state index contributed by atoms with van der Waals surface area (Å²) in [6.07, 6.45) is 0.883. The Labute approximate surface area is 195 Å². The second-order valence-corrected chi connectivity index (χ2v) is 11.9. The highest BCUT2D eigenvalue weighted by molar-refractivity contribution is 7.90. The number of hydrogen-bond donors (Lipinski definition) is 0. The molecular weight excluding hydrogens is 442 g/mol. The zero-order valence-electron chi connectivity index (χ0n) is 19.5. The molecule has 0 aromatic heterocycles. The molecule has 2 aliphatic heterocycles. The highest BCUT2D eigenvalue weighted by Crippen LogP contribution is 2.33. The number of carbonyl (C=O) groups is 1. The van der Waals surface area contributed by atoms with Crippen molar-refractivity contribution >= 4 is 15.9 Å².